The average molecular weight is 325 g/mol. The van der Waals surface area contributed by atoms with E-state index in [4.69, 9.17) is 4.74 Å². The first-order valence-electron chi connectivity index (χ1n) is 8.48. The zero-order valence-corrected chi connectivity index (χ0v) is 14.4. The monoisotopic (exact) mass is 325 g/mol. The number of hydrogen-bond acceptors (Lipinski definition) is 3. The van der Waals surface area contributed by atoms with E-state index in [1.807, 2.05) is 11.8 Å². The van der Waals surface area contributed by atoms with E-state index in [9.17, 15) is 0 Å². The number of ether oxygens (including phenoxy) is 1. The number of likely N-dealkylation sites (tertiary alicyclic amines) is 1. The van der Waals surface area contributed by atoms with Gasteiger partial charge in [-0.15, -0.1) is 0 Å². The van der Waals surface area contributed by atoms with Gasteiger partial charge in [-0.2, -0.15) is 0 Å². The van der Waals surface area contributed by atoms with Gasteiger partial charge in [0.05, 0.1) is 4.90 Å². The van der Waals surface area contributed by atoms with Crippen molar-refractivity contribution in [3.63, 3.8) is 0 Å². The molecule has 1 unspecified atom stereocenters. The van der Waals surface area contributed by atoms with Gasteiger partial charge >= 0.3 is 0 Å². The minimum atomic E-state index is 0.672. The van der Waals surface area contributed by atoms with Gasteiger partial charge in [0, 0.05) is 17.0 Å². The lowest BCUT2D eigenvalue weighted by Crippen LogP contribution is -2.33. The molecular formula is C20H23NOS. The Morgan fingerprint density at radius 3 is 3.00 bits per heavy atom. The van der Waals surface area contributed by atoms with Crippen molar-refractivity contribution in [3.05, 3.63) is 53.6 Å². The van der Waals surface area contributed by atoms with Gasteiger partial charge in [0.25, 0.3) is 0 Å². The van der Waals surface area contributed by atoms with E-state index in [1.165, 1.54) is 46.8 Å². The van der Waals surface area contributed by atoms with Crippen LogP contribution in [0.5, 0.6) is 5.75 Å². The molecule has 1 atom stereocenters. The number of rotatable bonds is 2. The second-order valence-electron chi connectivity index (χ2n) is 6.72. The second kappa shape index (κ2) is 6.58. The van der Waals surface area contributed by atoms with Crippen LogP contribution in [-0.4, -0.2) is 25.0 Å². The van der Waals surface area contributed by atoms with Crippen molar-refractivity contribution in [2.24, 2.45) is 5.92 Å². The number of benzene rings is 2. The first-order valence-corrected chi connectivity index (χ1v) is 9.30. The molecule has 23 heavy (non-hydrogen) atoms. The number of piperidine rings is 1. The molecule has 2 heterocycles. The van der Waals surface area contributed by atoms with E-state index in [2.05, 4.69) is 54.4 Å². The average Bonchev–Trinajstić information content (AvgIpc) is 2.75. The fourth-order valence-electron chi connectivity index (χ4n) is 3.69. The summed E-state index contributed by atoms with van der Waals surface area (Å²) in [6.45, 7) is 3.13. The third-order valence-electron chi connectivity index (χ3n) is 4.86. The van der Waals surface area contributed by atoms with Crippen LogP contribution in [0.15, 0.2) is 52.3 Å². The maximum Gasteiger partial charge on any atom is 0.134 e. The molecule has 2 aliphatic heterocycles. The summed E-state index contributed by atoms with van der Waals surface area (Å²) in [5.41, 5.74) is 2.74. The summed E-state index contributed by atoms with van der Waals surface area (Å²) < 4.78 is 6.09. The zero-order valence-electron chi connectivity index (χ0n) is 13.6. The van der Waals surface area contributed by atoms with Gasteiger partial charge in [0.15, 0.2) is 0 Å². The van der Waals surface area contributed by atoms with Gasteiger partial charge in [0.1, 0.15) is 12.4 Å². The summed E-state index contributed by atoms with van der Waals surface area (Å²) in [6, 6.07) is 15.2. The number of nitrogens with zero attached hydrogens (tertiary/aromatic N) is 1. The van der Waals surface area contributed by atoms with E-state index >= 15 is 0 Å². The molecular weight excluding hydrogens is 302 g/mol. The molecule has 2 aromatic carbocycles. The predicted octanol–water partition coefficient (Wildman–Crippen LogP) is 4.61. The highest BCUT2D eigenvalue weighted by atomic mass is 32.2. The molecule has 0 spiro atoms. The molecule has 0 aromatic heterocycles. The summed E-state index contributed by atoms with van der Waals surface area (Å²) in [5, 5.41) is 0. The molecule has 0 aliphatic carbocycles. The minimum Gasteiger partial charge on any atom is -0.488 e. The second-order valence-corrected chi connectivity index (χ2v) is 7.77. The SMILES string of the molecule is CN1CCCC(Cc2cccc3c2Sc2ccccc2CO3)C1. The highest BCUT2D eigenvalue weighted by molar-refractivity contribution is 7.99. The Hall–Kier alpha value is -1.45. The quantitative estimate of drug-likeness (QED) is 0.800. The summed E-state index contributed by atoms with van der Waals surface area (Å²) in [7, 11) is 2.24. The normalized spacial score (nSPS) is 21.0. The Kier molecular flexibility index (Phi) is 4.32. The van der Waals surface area contributed by atoms with Crippen molar-refractivity contribution in [2.45, 2.75) is 35.7 Å². The Balaban J connectivity index is 1.63. The van der Waals surface area contributed by atoms with Crippen molar-refractivity contribution < 1.29 is 4.74 Å². The molecule has 0 saturated carbocycles. The lowest BCUT2D eigenvalue weighted by atomic mass is 9.91. The van der Waals surface area contributed by atoms with Crippen molar-refractivity contribution in [2.75, 3.05) is 20.1 Å². The maximum absolute atomic E-state index is 6.09. The van der Waals surface area contributed by atoms with Crippen LogP contribution in [0, 0.1) is 5.92 Å². The van der Waals surface area contributed by atoms with Gasteiger partial charge in [-0.1, -0.05) is 42.1 Å². The Morgan fingerprint density at radius 2 is 2.09 bits per heavy atom. The topological polar surface area (TPSA) is 12.5 Å². The number of fused-ring (bicyclic) bond motifs is 2. The molecule has 1 saturated heterocycles. The third-order valence-corrected chi connectivity index (χ3v) is 6.14. The van der Waals surface area contributed by atoms with Crippen LogP contribution in [0.2, 0.25) is 0 Å². The van der Waals surface area contributed by atoms with E-state index in [1.54, 1.807) is 0 Å². The van der Waals surface area contributed by atoms with Crippen LogP contribution in [0.25, 0.3) is 0 Å². The van der Waals surface area contributed by atoms with Crippen molar-refractivity contribution in [1.82, 2.24) is 4.90 Å². The fourth-order valence-corrected chi connectivity index (χ4v) is 4.83. The molecule has 0 N–H and O–H groups in total. The molecule has 2 aliphatic rings. The van der Waals surface area contributed by atoms with Crippen LogP contribution in [0.4, 0.5) is 0 Å². The van der Waals surface area contributed by atoms with Crippen molar-refractivity contribution >= 4 is 11.8 Å². The highest BCUT2D eigenvalue weighted by Crippen LogP contribution is 2.43. The summed E-state index contributed by atoms with van der Waals surface area (Å²) in [4.78, 5) is 5.12. The van der Waals surface area contributed by atoms with Gasteiger partial charge < -0.3 is 9.64 Å². The molecule has 0 amide bonds. The first-order chi connectivity index (χ1) is 11.3. The summed E-state index contributed by atoms with van der Waals surface area (Å²) in [6.07, 6.45) is 3.82. The van der Waals surface area contributed by atoms with Crippen molar-refractivity contribution in [3.8, 4) is 5.75 Å². The number of hydrogen-bond donors (Lipinski definition) is 0. The van der Waals surface area contributed by atoms with Crippen LogP contribution in [-0.2, 0) is 13.0 Å². The summed E-state index contributed by atoms with van der Waals surface area (Å²) in [5.74, 6) is 1.81. The van der Waals surface area contributed by atoms with E-state index in [0.29, 0.717) is 6.61 Å². The Morgan fingerprint density at radius 1 is 1.17 bits per heavy atom. The smallest absolute Gasteiger partial charge is 0.134 e. The lowest BCUT2D eigenvalue weighted by Gasteiger charge is -2.30. The molecule has 0 bridgehead atoms. The van der Waals surface area contributed by atoms with E-state index < -0.39 is 0 Å². The molecule has 4 rings (SSSR count). The largest absolute Gasteiger partial charge is 0.488 e. The molecule has 2 aromatic rings. The van der Waals surface area contributed by atoms with Gasteiger partial charge in [0.2, 0.25) is 0 Å². The van der Waals surface area contributed by atoms with Crippen LogP contribution < -0.4 is 4.74 Å². The van der Waals surface area contributed by atoms with Crippen LogP contribution >= 0.6 is 11.8 Å². The molecule has 2 nitrogen and oxygen atoms in total. The van der Waals surface area contributed by atoms with E-state index in [0.717, 1.165) is 18.1 Å². The maximum atomic E-state index is 6.09. The fraction of sp³-hybridized carbons (Fsp3) is 0.400. The molecule has 0 radical (unpaired) electrons. The Bertz CT molecular complexity index is 700. The minimum absolute atomic E-state index is 0.672. The highest BCUT2D eigenvalue weighted by Gasteiger charge is 2.22. The summed E-state index contributed by atoms with van der Waals surface area (Å²) >= 11 is 1.88. The molecule has 120 valence electrons. The van der Waals surface area contributed by atoms with Crippen LogP contribution in [0.3, 0.4) is 0 Å². The van der Waals surface area contributed by atoms with Crippen LogP contribution in [0.1, 0.15) is 24.0 Å². The lowest BCUT2D eigenvalue weighted by molar-refractivity contribution is 0.208. The standard InChI is InChI=1S/C20H23NOS/c1-21-11-5-6-15(13-21)12-16-8-4-9-18-20(16)23-19-10-3-2-7-17(19)14-22-18/h2-4,7-10,15H,5-6,11-14H2,1H3. The Labute approximate surface area is 142 Å². The molecule has 3 heteroatoms. The van der Waals surface area contributed by atoms with Gasteiger partial charge in [-0.25, -0.2) is 0 Å². The predicted molar refractivity (Wildman–Crippen MR) is 95.3 cm³/mol. The van der Waals surface area contributed by atoms with Gasteiger partial charge in [-0.3, -0.25) is 0 Å². The molecule has 1 fully saturated rings. The van der Waals surface area contributed by atoms with E-state index in [-0.39, 0.29) is 0 Å². The van der Waals surface area contributed by atoms with Gasteiger partial charge in [-0.05, 0) is 56.5 Å². The van der Waals surface area contributed by atoms with Crippen molar-refractivity contribution in [1.29, 1.82) is 0 Å². The zero-order chi connectivity index (χ0) is 15.6. The third kappa shape index (κ3) is 3.26. The first kappa shape index (κ1) is 15.1.